The Balaban J connectivity index is 2.29. The molecule has 0 aliphatic rings. The highest BCUT2D eigenvalue weighted by Crippen LogP contribution is 2.38. The lowest BCUT2D eigenvalue weighted by molar-refractivity contribution is 0.361. The lowest BCUT2D eigenvalue weighted by Gasteiger charge is -2.24. The van der Waals surface area contributed by atoms with Crippen LogP contribution in [0.2, 0.25) is 0 Å². The lowest BCUT2D eigenvalue weighted by atomic mass is 9.90. The second-order valence-corrected chi connectivity index (χ2v) is 13.1. The second kappa shape index (κ2) is 12.5. The third-order valence-corrected chi connectivity index (χ3v) is 8.26. The van der Waals surface area contributed by atoms with E-state index < -0.39 is 10.0 Å². The maximum atomic E-state index is 11.8. The van der Waals surface area contributed by atoms with Crippen LogP contribution in [-0.2, 0) is 22.2 Å². The number of sulfonamides is 1. The minimum atomic E-state index is -3.32. The molecule has 9 heteroatoms. The minimum absolute atomic E-state index is 0.296. The fourth-order valence-electron chi connectivity index (χ4n) is 3.79. The smallest absolute Gasteiger partial charge is 0.232 e. The first kappa shape index (κ1) is 29.5. The van der Waals surface area contributed by atoms with Crippen LogP contribution < -0.4 is 9.21 Å². The van der Waals surface area contributed by atoms with Gasteiger partial charge >= 0.3 is 0 Å². The van der Waals surface area contributed by atoms with Crippen molar-refractivity contribution < 1.29 is 8.42 Å². The van der Waals surface area contributed by atoms with E-state index in [1.807, 2.05) is 31.0 Å². The minimum Gasteiger partial charge on any atom is -0.368 e. The molecule has 0 amide bonds. The third kappa shape index (κ3) is 7.88. The van der Waals surface area contributed by atoms with Crippen molar-refractivity contribution in [3.63, 3.8) is 0 Å². The number of nitriles is 1. The van der Waals surface area contributed by atoms with E-state index >= 15 is 0 Å². The summed E-state index contributed by atoms with van der Waals surface area (Å²) in [5.74, 6) is 1.20. The third-order valence-electron chi connectivity index (χ3n) is 6.00. The van der Waals surface area contributed by atoms with Crippen LogP contribution in [0, 0.1) is 23.3 Å². The quantitative estimate of drug-likeness (QED) is 0.191. The summed E-state index contributed by atoms with van der Waals surface area (Å²) in [6.07, 6.45) is 4.99. The number of anilines is 2. The van der Waals surface area contributed by atoms with Crippen LogP contribution in [-0.4, -0.2) is 40.3 Å². The molecule has 0 unspecified atom stereocenters. The molecule has 0 bridgehead atoms. The number of aromatic nitrogens is 1. The van der Waals surface area contributed by atoms with Gasteiger partial charge in [0.1, 0.15) is 16.9 Å². The van der Waals surface area contributed by atoms with Gasteiger partial charge in [-0.05, 0) is 47.9 Å². The molecule has 0 atom stereocenters. The highest BCUT2D eigenvalue weighted by molar-refractivity contribution is 7.98. The number of hydrogen-bond acceptors (Lipinski definition) is 6. The fourth-order valence-corrected chi connectivity index (χ4v) is 5.26. The standard InChI is InChI=1S/C27H37N5O2S2/c1-9-22-23(18-28)26(35-19-20-12-14-21(15-13-20)32(7)36(8,33)34)30-25(24(22)29-5)31(6)17-11-10-16-27(2,3)4/h12-15H,9-11,16-17,19H2,1-4,6-8H3. The Kier molecular flexibility index (Phi) is 10.2. The van der Waals surface area contributed by atoms with Gasteiger partial charge in [-0.15, -0.1) is 11.8 Å². The molecule has 0 spiro atoms. The predicted molar refractivity (Wildman–Crippen MR) is 150 cm³/mol. The monoisotopic (exact) mass is 527 g/mol. The Morgan fingerprint density at radius 2 is 1.81 bits per heavy atom. The summed E-state index contributed by atoms with van der Waals surface area (Å²) >= 11 is 1.46. The second-order valence-electron chi connectivity index (χ2n) is 10.1. The molecule has 0 saturated carbocycles. The average molecular weight is 528 g/mol. The van der Waals surface area contributed by atoms with Crippen LogP contribution in [0.25, 0.3) is 4.85 Å². The van der Waals surface area contributed by atoms with E-state index in [1.165, 1.54) is 29.4 Å². The van der Waals surface area contributed by atoms with Crippen LogP contribution in [0.1, 0.15) is 63.6 Å². The molecular formula is C27H37N5O2S2. The molecule has 7 nitrogen and oxygen atoms in total. The van der Waals surface area contributed by atoms with Gasteiger partial charge in [0.2, 0.25) is 15.7 Å². The predicted octanol–water partition coefficient (Wildman–Crippen LogP) is 6.41. The van der Waals surface area contributed by atoms with E-state index in [4.69, 9.17) is 11.6 Å². The van der Waals surface area contributed by atoms with Gasteiger partial charge in [0.15, 0.2) is 0 Å². The number of rotatable bonds is 11. The highest BCUT2D eigenvalue weighted by atomic mass is 32.2. The Morgan fingerprint density at radius 1 is 1.17 bits per heavy atom. The molecule has 0 aliphatic carbocycles. The number of nitrogens with zero attached hydrogens (tertiary/aromatic N) is 5. The van der Waals surface area contributed by atoms with Crippen molar-refractivity contribution in [1.82, 2.24) is 4.98 Å². The number of unbranched alkanes of at least 4 members (excludes halogenated alkanes) is 1. The summed E-state index contributed by atoms with van der Waals surface area (Å²) in [6, 6.07) is 9.59. The Labute approximate surface area is 221 Å². The van der Waals surface area contributed by atoms with Gasteiger partial charge in [-0.2, -0.15) is 5.26 Å². The van der Waals surface area contributed by atoms with Gasteiger partial charge in [-0.3, -0.25) is 4.31 Å². The lowest BCUT2D eigenvalue weighted by Crippen LogP contribution is -2.24. The SMILES string of the molecule is [C-]#[N+]c1c(N(C)CCCCC(C)(C)C)nc(SCc2ccc(N(C)S(C)(=O)=O)cc2)c(C#N)c1CC. The largest absolute Gasteiger partial charge is 0.368 e. The molecule has 0 fully saturated rings. The summed E-state index contributed by atoms with van der Waals surface area (Å²) in [4.78, 5) is 10.6. The first-order valence-corrected chi connectivity index (χ1v) is 14.9. The summed E-state index contributed by atoms with van der Waals surface area (Å²) in [6.45, 7) is 17.3. The van der Waals surface area contributed by atoms with Crippen LogP contribution in [0.3, 0.4) is 0 Å². The summed E-state index contributed by atoms with van der Waals surface area (Å²) in [5, 5.41) is 10.5. The first-order valence-electron chi connectivity index (χ1n) is 12.0. The average Bonchev–Trinajstić information content (AvgIpc) is 2.82. The maximum Gasteiger partial charge on any atom is 0.232 e. The van der Waals surface area contributed by atoms with Crippen LogP contribution in [0.4, 0.5) is 17.2 Å². The zero-order valence-electron chi connectivity index (χ0n) is 22.4. The fraction of sp³-hybridized carbons (Fsp3) is 0.519. The first-order chi connectivity index (χ1) is 16.8. The van der Waals surface area contributed by atoms with E-state index in [9.17, 15) is 13.7 Å². The van der Waals surface area contributed by atoms with Gasteiger partial charge in [-0.25, -0.2) is 18.2 Å². The number of hydrogen-bond donors (Lipinski definition) is 0. The van der Waals surface area contributed by atoms with E-state index in [2.05, 4.69) is 31.7 Å². The van der Waals surface area contributed by atoms with Crippen LogP contribution in [0.5, 0.6) is 0 Å². The van der Waals surface area contributed by atoms with Crippen molar-refractivity contribution in [3.05, 3.63) is 52.4 Å². The number of pyridine rings is 1. The number of benzene rings is 1. The van der Waals surface area contributed by atoms with Crippen LogP contribution in [0.15, 0.2) is 29.3 Å². The summed E-state index contributed by atoms with van der Waals surface area (Å²) in [7, 11) is 0.163. The van der Waals surface area contributed by atoms with Gasteiger partial charge in [0, 0.05) is 26.4 Å². The zero-order valence-corrected chi connectivity index (χ0v) is 24.1. The molecule has 36 heavy (non-hydrogen) atoms. The molecule has 1 heterocycles. The Hall–Kier alpha value is -2.75. The Morgan fingerprint density at radius 3 is 2.31 bits per heavy atom. The molecule has 2 aromatic rings. The van der Waals surface area contributed by atoms with Crippen molar-refractivity contribution in [1.29, 1.82) is 5.26 Å². The van der Waals surface area contributed by atoms with Crippen molar-refractivity contribution in [2.45, 2.75) is 64.2 Å². The molecular weight excluding hydrogens is 490 g/mol. The van der Waals surface area contributed by atoms with E-state index in [1.54, 1.807) is 12.1 Å². The maximum absolute atomic E-state index is 11.8. The van der Waals surface area contributed by atoms with Gasteiger partial charge < -0.3 is 4.90 Å². The molecule has 0 N–H and O–H groups in total. The summed E-state index contributed by atoms with van der Waals surface area (Å²) < 4.78 is 24.8. The Bertz CT molecular complexity index is 1240. The number of thioether (sulfide) groups is 1. The van der Waals surface area contributed by atoms with Crippen molar-refractivity contribution >= 4 is 39.0 Å². The molecule has 0 radical (unpaired) electrons. The zero-order chi connectivity index (χ0) is 27.1. The molecule has 1 aromatic heterocycles. The van der Waals surface area contributed by atoms with E-state index in [0.29, 0.717) is 45.4 Å². The van der Waals surface area contributed by atoms with Crippen LogP contribution >= 0.6 is 11.8 Å². The molecule has 0 aliphatic heterocycles. The van der Waals surface area contributed by atoms with Gasteiger partial charge in [0.25, 0.3) is 0 Å². The van der Waals surface area contributed by atoms with E-state index in [0.717, 1.165) is 36.9 Å². The van der Waals surface area contributed by atoms with Gasteiger partial charge in [-0.1, -0.05) is 46.2 Å². The molecule has 1 aromatic carbocycles. The molecule has 2 rings (SSSR count). The van der Waals surface area contributed by atoms with Crippen molar-refractivity contribution in [2.75, 3.05) is 36.1 Å². The summed E-state index contributed by atoms with van der Waals surface area (Å²) in [5.41, 5.74) is 3.54. The molecule has 0 saturated heterocycles. The van der Waals surface area contributed by atoms with Crippen molar-refractivity contribution in [2.24, 2.45) is 5.41 Å². The van der Waals surface area contributed by atoms with Crippen molar-refractivity contribution in [3.8, 4) is 6.07 Å². The topological polar surface area (TPSA) is 81.7 Å². The highest BCUT2D eigenvalue weighted by Gasteiger charge is 2.22. The van der Waals surface area contributed by atoms with E-state index in [-0.39, 0.29) is 0 Å². The normalized spacial score (nSPS) is 11.6. The molecule has 194 valence electrons. The van der Waals surface area contributed by atoms with Gasteiger partial charge in [0.05, 0.1) is 24.1 Å².